The van der Waals surface area contributed by atoms with Crippen LogP contribution in [-0.4, -0.2) is 4.57 Å². The number of benzene rings is 2. The predicted octanol–water partition coefficient (Wildman–Crippen LogP) is 6.35. The molecule has 2 aromatic carbocycles. The maximum absolute atomic E-state index is 9.34. The van der Waals surface area contributed by atoms with Gasteiger partial charge in [0.1, 0.15) is 0 Å². The van der Waals surface area contributed by atoms with Crippen LogP contribution in [0.25, 0.3) is 16.7 Å². The van der Waals surface area contributed by atoms with Gasteiger partial charge in [-0.3, -0.25) is 0 Å². The highest BCUT2D eigenvalue weighted by atomic mass is 15.1. The van der Waals surface area contributed by atoms with E-state index in [1.807, 2.05) is 41.0 Å². The summed E-state index contributed by atoms with van der Waals surface area (Å²) in [5, 5.41) is 0. The third kappa shape index (κ3) is 3.17. The molecule has 28 heavy (non-hydrogen) atoms. The molecule has 146 valence electrons. The molecule has 0 saturated heterocycles. The molecule has 0 bridgehead atoms. The maximum atomic E-state index is 9.34. The minimum atomic E-state index is -1.56. The fraction of sp³-hybridized carbons (Fsp3) is 0.500. The molecule has 2 fully saturated rings. The Morgan fingerprint density at radius 2 is 1.82 bits per heavy atom. The Labute approximate surface area is 173 Å². The summed E-state index contributed by atoms with van der Waals surface area (Å²) in [5.41, 5.74) is 4.23. The van der Waals surface area contributed by atoms with E-state index < -0.39 is 12.4 Å². The van der Waals surface area contributed by atoms with E-state index in [1.165, 1.54) is 32.1 Å². The zero-order chi connectivity index (χ0) is 21.7. The molecule has 0 amide bonds. The minimum Gasteiger partial charge on any atom is -0.319 e. The van der Waals surface area contributed by atoms with Crippen molar-refractivity contribution < 1.29 is 8.68 Å². The van der Waals surface area contributed by atoms with Crippen molar-refractivity contribution in [2.45, 2.75) is 77.1 Å². The van der Waals surface area contributed by atoms with Crippen molar-refractivity contribution >= 4 is 11.0 Å². The van der Waals surface area contributed by atoms with Crippen LogP contribution in [-0.2, 0) is 6.50 Å². The van der Waals surface area contributed by atoms with Gasteiger partial charge in [0.2, 0.25) is 6.33 Å². The lowest BCUT2D eigenvalue weighted by atomic mass is 9.62. The quantitative estimate of drug-likeness (QED) is 0.373. The topological polar surface area (TPSA) is 8.81 Å². The van der Waals surface area contributed by atoms with Gasteiger partial charge in [0.15, 0.2) is 0 Å². The van der Waals surface area contributed by atoms with Gasteiger partial charge >= 0.3 is 0 Å². The second-order valence-corrected chi connectivity index (χ2v) is 8.70. The highest BCUT2D eigenvalue weighted by molar-refractivity contribution is 5.75. The number of hydrogen-bond donors (Lipinski definition) is 0. The van der Waals surface area contributed by atoms with E-state index in [0.29, 0.717) is 5.41 Å². The summed E-state index contributed by atoms with van der Waals surface area (Å²) >= 11 is 0. The number of aryl methyl sites for hydroxylation is 1. The van der Waals surface area contributed by atoms with Crippen LogP contribution in [0.3, 0.4) is 0 Å². The van der Waals surface area contributed by atoms with Gasteiger partial charge in [-0.15, -0.1) is 0 Å². The van der Waals surface area contributed by atoms with Gasteiger partial charge in [-0.05, 0) is 56.8 Å². The van der Waals surface area contributed by atoms with Crippen molar-refractivity contribution in [3.05, 3.63) is 60.4 Å². The van der Waals surface area contributed by atoms with Crippen LogP contribution in [0.5, 0.6) is 0 Å². The third-order valence-electron chi connectivity index (χ3n) is 7.13. The Morgan fingerprint density at radius 3 is 2.54 bits per heavy atom. The molecule has 1 spiro atoms. The smallest absolute Gasteiger partial charge is 0.244 e. The van der Waals surface area contributed by atoms with Crippen molar-refractivity contribution in [2.75, 3.05) is 0 Å². The van der Waals surface area contributed by atoms with E-state index in [1.54, 1.807) is 11.5 Å². The molecule has 2 heteroatoms. The van der Waals surface area contributed by atoms with Crippen LogP contribution in [0.1, 0.15) is 80.3 Å². The lowest BCUT2D eigenvalue weighted by molar-refractivity contribution is -0.672. The molecule has 0 N–H and O–H groups in total. The summed E-state index contributed by atoms with van der Waals surface area (Å²) in [7, 11) is 0. The largest absolute Gasteiger partial charge is 0.319 e. The number of fused-ring (bicyclic) bond motifs is 1. The van der Waals surface area contributed by atoms with Crippen LogP contribution >= 0.6 is 0 Å². The van der Waals surface area contributed by atoms with Crippen LogP contribution < -0.4 is 4.57 Å². The summed E-state index contributed by atoms with van der Waals surface area (Å²) in [6.45, 7) is -0.000428. The third-order valence-corrected chi connectivity index (χ3v) is 7.13. The molecule has 3 aromatic rings. The first-order chi connectivity index (χ1) is 14.8. The van der Waals surface area contributed by atoms with Gasteiger partial charge in [0, 0.05) is 1.37 Å². The van der Waals surface area contributed by atoms with E-state index in [9.17, 15) is 1.37 Å². The average Bonchev–Trinajstić information content (AvgIpc) is 3.17. The van der Waals surface area contributed by atoms with Crippen molar-refractivity contribution in [3.63, 3.8) is 0 Å². The molecule has 2 nitrogen and oxygen atoms in total. The highest BCUT2D eigenvalue weighted by Crippen LogP contribution is 2.51. The zero-order valence-electron chi connectivity index (χ0n) is 19.9. The van der Waals surface area contributed by atoms with Gasteiger partial charge in [-0.1, -0.05) is 73.4 Å². The fourth-order valence-corrected chi connectivity index (χ4v) is 5.44. The number of para-hydroxylation sites is 1. The van der Waals surface area contributed by atoms with E-state index in [2.05, 4.69) is 18.5 Å². The number of imidazole rings is 1. The molecular formula is C26H32N2. The van der Waals surface area contributed by atoms with Crippen LogP contribution in [0.4, 0.5) is 0 Å². The van der Waals surface area contributed by atoms with Gasteiger partial charge in [0.25, 0.3) is 0 Å². The molecule has 1 heterocycles. The van der Waals surface area contributed by atoms with Crippen molar-refractivity contribution in [2.24, 2.45) is 5.41 Å². The fourth-order valence-electron chi connectivity index (χ4n) is 5.44. The molecule has 0 radical (unpaired) electrons. The maximum Gasteiger partial charge on any atom is 0.244 e. The van der Waals surface area contributed by atoms with E-state index >= 15 is 0 Å². The Kier molecular flexibility index (Phi) is 3.92. The molecule has 2 aliphatic rings. The normalized spacial score (nSPS) is 23.2. The van der Waals surface area contributed by atoms with Crippen molar-refractivity contribution in [3.8, 4) is 5.69 Å². The monoisotopic (exact) mass is 375 g/mol. The van der Waals surface area contributed by atoms with Crippen LogP contribution in [0.15, 0.2) is 48.5 Å². The van der Waals surface area contributed by atoms with Crippen LogP contribution in [0, 0.1) is 11.7 Å². The van der Waals surface area contributed by atoms with E-state index in [4.69, 9.17) is 2.74 Å². The number of hydrogen-bond acceptors (Lipinski definition) is 0. The summed E-state index contributed by atoms with van der Waals surface area (Å²) in [5.74, 6) is -0.557. The molecule has 1 aromatic heterocycles. The average molecular weight is 376 g/mol. The first kappa shape index (κ1) is 14.8. The lowest BCUT2D eigenvalue weighted by Crippen LogP contribution is -2.31. The van der Waals surface area contributed by atoms with Gasteiger partial charge in [0.05, 0.1) is 26.0 Å². The van der Waals surface area contributed by atoms with Gasteiger partial charge in [-0.25, -0.2) is 0 Å². The standard InChI is InChI=1S/C26H32N2/c1-2-27-20-28(23-9-5-3-6-10-23)25-19-22(11-12-24(25)27)21-13-17-26(18-14-21)15-7-4-8-16-26/h3,5-6,9-12,19,21H,2,4,7-8,13-18H2,1H3/i2D2,21D. The van der Waals surface area contributed by atoms with Crippen molar-refractivity contribution in [1.82, 2.24) is 4.57 Å². The summed E-state index contributed by atoms with van der Waals surface area (Å²) in [4.78, 5) is 0. The Bertz CT molecular complexity index is 1070. The second-order valence-electron chi connectivity index (χ2n) is 8.70. The van der Waals surface area contributed by atoms with Gasteiger partial charge in [-0.2, -0.15) is 0 Å². The Balaban J connectivity index is 1.55. The Morgan fingerprint density at radius 1 is 1.07 bits per heavy atom. The molecule has 0 unspecified atom stereocenters. The number of nitrogens with zero attached hydrogens (tertiary/aromatic N) is 2. The molecule has 2 aliphatic carbocycles. The zero-order valence-corrected chi connectivity index (χ0v) is 16.9. The lowest BCUT2D eigenvalue weighted by Gasteiger charge is -2.43. The SMILES string of the molecule is [2H]C1(c2ccc3c(c2)n(-c2ccccc2)[c-][n+]3C([2H])([2H])C)CCC2(CCCCC2)CC1. The Hall–Kier alpha value is -2.09. The number of rotatable bonds is 3. The highest BCUT2D eigenvalue weighted by Gasteiger charge is 2.36. The van der Waals surface area contributed by atoms with Crippen molar-refractivity contribution in [1.29, 1.82) is 0 Å². The van der Waals surface area contributed by atoms with Gasteiger partial charge < -0.3 is 9.13 Å². The molecular weight excluding hydrogens is 340 g/mol. The predicted molar refractivity (Wildman–Crippen MR) is 115 cm³/mol. The molecule has 5 rings (SSSR count). The molecule has 0 aliphatic heterocycles. The first-order valence-electron chi connectivity index (χ1n) is 12.4. The molecule has 0 atom stereocenters. The van der Waals surface area contributed by atoms with Crippen LogP contribution in [0.2, 0.25) is 0 Å². The second kappa shape index (κ2) is 7.39. The summed E-state index contributed by atoms with van der Waals surface area (Å²) < 4.78 is 29.4. The molecule has 2 saturated carbocycles. The van der Waals surface area contributed by atoms with E-state index in [0.717, 1.165) is 48.0 Å². The number of aromatic nitrogens is 2. The first-order valence-corrected chi connectivity index (χ1v) is 10.9. The minimum absolute atomic E-state index is 0.492. The van der Waals surface area contributed by atoms with E-state index in [-0.39, 0.29) is 0 Å². The summed E-state index contributed by atoms with van der Waals surface area (Å²) in [6.07, 6.45) is 14.2. The summed E-state index contributed by atoms with van der Waals surface area (Å²) in [6, 6.07) is 16.1.